The highest BCUT2D eigenvalue weighted by molar-refractivity contribution is 5.68. The van der Waals surface area contributed by atoms with Crippen LogP contribution < -0.4 is 9.67 Å². The summed E-state index contributed by atoms with van der Waals surface area (Å²) < 4.78 is 4.33. The molecule has 18 heavy (non-hydrogen) atoms. The van der Waals surface area contributed by atoms with Crippen LogP contribution >= 0.6 is 0 Å². The van der Waals surface area contributed by atoms with Crippen LogP contribution in [0.15, 0.2) is 18.7 Å². The molecule has 1 N–H and O–H groups in total. The Morgan fingerprint density at radius 2 is 2.06 bits per heavy atom. The number of imidazole rings is 1. The van der Waals surface area contributed by atoms with Crippen molar-refractivity contribution in [3.63, 3.8) is 0 Å². The number of carboxylic acids is 1. The van der Waals surface area contributed by atoms with E-state index in [0.29, 0.717) is 0 Å². The molecule has 1 atom stereocenters. The van der Waals surface area contributed by atoms with Crippen molar-refractivity contribution >= 4 is 5.97 Å². The fourth-order valence-corrected chi connectivity index (χ4v) is 1.36. The van der Waals surface area contributed by atoms with Gasteiger partial charge < -0.3 is 15.0 Å². The zero-order valence-electron chi connectivity index (χ0n) is 11.5. The minimum Gasteiger partial charge on any atom is -0.547 e. The van der Waals surface area contributed by atoms with Crippen LogP contribution in [-0.4, -0.2) is 21.7 Å². The van der Waals surface area contributed by atoms with Crippen LogP contribution in [0.2, 0.25) is 0 Å². The van der Waals surface area contributed by atoms with Crippen molar-refractivity contribution in [1.29, 1.82) is 0 Å². The van der Waals surface area contributed by atoms with Gasteiger partial charge in [0.05, 0.1) is 25.7 Å². The Balaban J connectivity index is 0.000000411. The Kier molecular flexibility index (Phi) is 8.92. The number of aliphatic hydroxyl groups excluding tert-OH is 1. The van der Waals surface area contributed by atoms with E-state index in [9.17, 15) is 9.90 Å². The number of unbranched alkanes of at least 4 members (excludes halogenated alkanes) is 3. The van der Waals surface area contributed by atoms with Crippen molar-refractivity contribution in [2.75, 3.05) is 0 Å². The Labute approximate surface area is 109 Å². The summed E-state index contributed by atoms with van der Waals surface area (Å²) in [5.74, 6) is -1.44. The quantitative estimate of drug-likeness (QED) is 0.576. The van der Waals surface area contributed by atoms with Gasteiger partial charge in [0.25, 0.3) is 0 Å². The van der Waals surface area contributed by atoms with Gasteiger partial charge in [-0.15, -0.1) is 0 Å². The normalized spacial score (nSPS) is 11.6. The van der Waals surface area contributed by atoms with E-state index in [0.717, 1.165) is 6.92 Å². The third kappa shape index (κ3) is 8.75. The zero-order valence-corrected chi connectivity index (χ0v) is 11.5. The summed E-state index contributed by atoms with van der Waals surface area (Å²) in [7, 11) is 2.06. The Morgan fingerprint density at radius 1 is 1.44 bits per heavy atom. The number of nitrogens with zero attached hydrogens (tertiary/aromatic N) is 2. The molecule has 0 fully saturated rings. The third-order valence-electron chi connectivity index (χ3n) is 2.43. The largest absolute Gasteiger partial charge is 0.547 e. The lowest BCUT2D eigenvalue weighted by atomic mass is 10.2. The van der Waals surface area contributed by atoms with Gasteiger partial charge in [-0.3, -0.25) is 0 Å². The first-order valence-corrected chi connectivity index (χ1v) is 6.37. The van der Waals surface area contributed by atoms with Gasteiger partial charge in [-0.2, -0.15) is 0 Å². The molecule has 1 unspecified atom stereocenters. The van der Waals surface area contributed by atoms with Gasteiger partial charge in [-0.05, 0) is 19.8 Å². The molecule has 0 spiro atoms. The molecule has 1 heterocycles. The maximum atomic E-state index is 9.34. The number of aliphatic hydroxyl groups is 1. The lowest BCUT2D eigenvalue weighted by Crippen LogP contribution is -2.32. The van der Waals surface area contributed by atoms with Gasteiger partial charge in [0.2, 0.25) is 6.33 Å². The maximum absolute atomic E-state index is 9.34. The second kappa shape index (κ2) is 9.65. The average molecular weight is 256 g/mol. The van der Waals surface area contributed by atoms with E-state index >= 15 is 0 Å². The predicted octanol–water partition coefficient (Wildman–Crippen LogP) is 0.0100. The molecular weight excluding hydrogens is 232 g/mol. The minimum atomic E-state index is -1.44. The number of hydrogen-bond acceptors (Lipinski definition) is 3. The van der Waals surface area contributed by atoms with E-state index in [1.54, 1.807) is 0 Å². The highest BCUT2D eigenvalue weighted by Crippen LogP contribution is 1.97. The Bertz CT molecular complexity index is 335. The topological polar surface area (TPSA) is 69.2 Å². The summed E-state index contributed by atoms with van der Waals surface area (Å²) in [6, 6.07) is 0. The van der Waals surface area contributed by atoms with Crippen LogP contribution in [0.25, 0.3) is 0 Å². The van der Waals surface area contributed by atoms with Crippen LogP contribution in [-0.2, 0) is 18.4 Å². The molecule has 1 aromatic heterocycles. The van der Waals surface area contributed by atoms with Crippen LogP contribution in [0.4, 0.5) is 0 Å². The molecular formula is C13H24N2O3. The zero-order chi connectivity index (χ0) is 14.0. The molecule has 0 saturated carbocycles. The van der Waals surface area contributed by atoms with Gasteiger partial charge in [0.15, 0.2) is 0 Å². The second-order valence-electron chi connectivity index (χ2n) is 4.37. The van der Waals surface area contributed by atoms with Crippen molar-refractivity contribution in [2.24, 2.45) is 7.05 Å². The van der Waals surface area contributed by atoms with Crippen LogP contribution in [0.5, 0.6) is 0 Å². The van der Waals surface area contributed by atoms with E-state index < -0.39 is 12.1 Å². The standard InChI is InChI=1S/C10H19N2.C3H6O3/c1-3-4-5-6-7-12-9-8-11(2)10-12;1-2(4)3(5)6/h8-10H,3-7H2,1-2H3;2,4H,1H3,(H,5,6)/q+1;/p-1. The van der Waals surface area contributed by atoms with Crippen molar-refractivity contribution in [2.45, 2.75) is 52.2 Å². The highest BCUT2D eigenvalue weighted by atomic mass is 16.4. The van der Waals surface area contributed by atoms with E-state index in [1.165, 1.54) is 32.2 Å². The second-order valence-corrected chi connectivity index (χ2v) is 4.37. The van der Waals surface area contributed by atoms with Crippen molar-refractivity contribution < 1.29 is 19.6 Å². The fourth-order valence-electron chi connectivity index (χ4n) is 1.36. The number of hydrogen-bond donors (Lipinski definition) is 1. The molecule has 0 aliphatic carbocycles. The third-order valence-corrected chi connectivity index (χ3v) is 2.43. The molecule has 104 valence electrons. The molecule has 0 amide bonds. The molecule has 1 aromatic rings. The summed E-state index contributed by atoms with van der Waals surface area (Å²) in [4.78, 5) is 9.34. The lowest BCUT2D eigenvalue weighted by molar-refractivity contribution is -0.696. The molecule has 0 radical (unpaired) electrons. The first-order chi connectivity index (χ1) is 8.47. The van der Waals surface area contributed by atoms with Crippen LogP contribution in [0.3, 0.4) is 0 Å². The molecule has 0 saturated heterocycles. The molecule has 0 bridgehead atoms. The summed E-state index contributed by atoms with van der Waals surface area (Å²) in [6.07, 6.45) is 10.4. The molecule has 0 aromatic carbocycles. The number of carbonyl (C=O) groups excluding carboxylic acids is 1. The monoisotopic (exact) mass is 256 g/mol. The van der Waals surface area contributed by atoms with Gasteiger partial charge in [0.1, 0.15) is 12.4 Å². The minimum absolute atomic E-state index is 1.13. The predicted molar refractivity (Wildman–Crippen MR) is 66.4 cm³/mol. The fraction of sp³-hybridized carbons (Fsp3) is 0.692. The Hall–Kier alpha value is -1.36. The van der Waals surface area contributed by atoms with Gasteiger partial charge in [-0.25, -0.2) is 9.13 Å². The van der Waals surface area contributed by atoms with Crippen molar-refractivity contribution in [1.82, 2.24) is 4.57 Å². The van der Waals surface area contributed by atoms with E-state index in [-0.39, 0.29) is 0 Å². The lowest BCUT2D eigenvalue weighted by Gasteiger charge is -2.00. The first-order valence-electron chi connectivity index (χ1n) is 6.37. The smallest absolute Gasteiger partial charge is 0.243 e. The van der Waals surface area contributed by atoms with Crippen LogP contribution in [0.1, 0.15) is 39.5 Å². The Morgan fingerprint density at radius 3 is 2.44 bits per heavy atom. The van der Waals surface area contributed by atoms with E-state index in [1.807, 2.05) is 0 Å². The number of carboxylic acid groups (broad SMARTS) is 1. The first kappa shape index (κ1) is 16.6. The molecule has 0 aliphatic rings. The summed E-state index contributed by atoms with van der Waals surface area (Å²) >= 11 is 0. The number of aliphatic carboxylic acids is 1. The van der Waals surface area contributed by atoms with Crippen molar-refractivity contribution in [3.8, 4) is 0 Å². The molecule has 1 rings (SSSR count). The SMILES string of the molecule is CC(O)C(=O)[O-].CCCCCC[n+]1ccn(C)c1. The van der Waals surface area contributed by atoms with Gasteiger partial charge in [0, 0.05) is 0 Å². The highest BCUT2D eigenvalue weighted by Gasteiger charge is 1.98. The summed E-state index contributed by atoms with van der Waals surface area (Å²) in [5.41, 5.74) is 0. The van der Waals surface area contributed by atoms with Crippen LogP contribution in [0, 0.1) is 0 Å². The van der Waals surface area contributed by atoms with E-state index in [4.69, 9.17) is 5.11 Å². The molecule has 5 nitrogen and oxygen atoms in total. The van der Waals surface area contributed by atoms with E-state index in [2.05, 4.69) is 41.8 Å². The number of aromatic nitrogens is 2. The van der Waals surface area contributed by atoms with Gasteiger partial charge >= 0.3 is 0 Å². The number of aryl methyl sites for hydroxylation is 2. The summed E-state index contributed by atoms with van der Waals surface area (Å²) in [6.45, 7) is 4.55. The molecule has 5 heteroatoms. The maximum Gasteiger partial charge on any atom is 0.243 e. The van der Waals surface area contributed by atoms with Crippen molar-refractivity contribution in [3.05, 3.63) is 18.7 Å². The van der Waals surface area contributed by atoms with Gasteiger partial charge in [-0.1, -0.05) is 19.8 Å². The molecule has 0 aliphatic heterocycles. The number of carbonyl (C=O) groups is 1. The average Bonchev–Trinajstić information content (AvgIpc) is 2.71. The summed E-state index contributed by atoms with van der Waals surface area (Å²) in [5, 5.41) is 17.3. The number of rotatable bonds is 6.